The number of non-ortho nitro benzene ring substituents is 1. The van der Waals surface area contributed by atoms with Gasteiger partial charge in [0.2, 0.25) is 0 Å². The van der Waals surface area contributed by atoms with E-state index in [-0.39, 0.29) is 30.8 Å². The van der Waals surface area contributed by atoms with Crippen molar-refractivity contribution in [3.8, 4) is 5.75 Å². The SMILES string of the molecule is CCC1=C[C@@H]2CN(CCc3c([nH]c4ccccc34)[C@@](C(=O)OC)(c3cc4c(cc3OC)N(C)[C@H]3[C@](O)(CNC(=O)OCc5ccc([N+](=O)[O-])cc5)[C@H](OC(C)=O)[C@]5(CC)C=CCN6CC[C@]43[C@@H]65)C2)C1. The van der Waals surface area contributed by atoms with Crippen LogP contribution >= 0.6 is 0 Å². The number of hydrogen-bond donors (Lipinski definition) is 3. The standard InChI is InChI=1S/C53H62N6O10/c1-7-33-24-35-27-52(48(61)67-6,44-38(18-22-57(28-33)29-35)37-12-9-10-13-41(37)55-44)40-25-39-42(26-43(40)66-5)56(4)46-51(39)20-23-58-21-11-19-50(8-2,45(51)58)47(69-32(3)60)53(46,63)31-54-49(62)68-30-34-14-16-36(17-15-34)59(64)65/h9-17,19,24-26,35,45-47,55,63H,7-8,18,20-23,27-31H2,1-6H3,(H,54,62)/t35-,45-,46+,47+,50+,51+,52-,53+/m0/s1. The number of fused-ring (bicyclic) bond motifs is 6. The average Bonchev–Trinajstić information content (AvgIpc) is 4.02. The third-order valence-electron chi connectivity index (χ3n) is 16.7. The lowest BCUT2D eigenvalue weighted by atomic mass is 9.47. The highest BCUT2D eigenvalue weighted by molar-refractivity contribution is 5.94. The van der Waals surface area contributed by atoms with E-state index in [0.717, 1.165) is 59.5 Å². The van der Waals surface area contributed by atoms with Gasteiger partial charge in [0.1, 0.15) is 29.5 Å². The number of H-pyrrole nitrogens is 1. The number of aromatic amines is 1. The zero-order chi connectivity index (χ0) is 48.6. The molecule has 364 valence electrons. The molecule has 2 bridgehead atoms. The molecule has 69 heavy (non-hydrogen) atoms. The van der Waals surface area contributed by atoms with Gasteiger partial charge in [-0.15, -0.1) is 0 Å². The van der Waals surface area contributed by atoms with Crippen LogP contribution in [0.3, 0.4) is 0 Å². The number of amides is 1. The number of aromatic nitrogens is 1. The van der Waals surface area contributed by atoms with Gasteiger partial charge in [0, 0.05) is 103 Å². The van der Waals surface area contributed by atoms with E-state index in [0.29, 0.717) is 55.6 Å². The molecule has 1 spiro atoms. The van der Waals surface area contributed by atoms with Gasteiger partial charge in [-0.3, -0.25) is 29.5 Å². The van der Waals surface area contributed by atoms with E-state index >= 15 is 4.79 Å². The van der Waals surface area contributed by atoms with E-state index in [2.05, 4.69) is 75.3 Å². The molecule has 1 amide bonds. The lowest BCUT2D eigenvalue weighted by Gasteiger charge is -2.64. The van der Waals surface area contributed by atoms with Gasteiger partial charge in [0.25, 0.3) is 5.69 Å². The van der Waals surface area contributed by atoms with Crippen molar-refractivity contribution < 1.29 is 43.4 Å². The number of hydrogen-bond acceptors (Lipinski definition) is 13. The van der Waals surface area contributed by atoms with Crippen molar-refractivity contribution in [1.82, 2.24) is 20.1 Å². The second kappa shape index (κ2) is 17.3. The summed E-state index contributed by atoms with van der Waals surface area (Å²) in [5.41, 5.74) is 1.88. The second-order valence-electron chi connectivity index (χ2n) is 20.0. The van der Waals surface area contributed by atoms with E-state index in [9.17, 15) is 24.8 Å². The van der Waals surface area contributed by atoms with Crippen molar-refractivity contribution in [3.63, 3.8) is 0 Å². The van der Waals surface area contributed by atoms with Crippen LogP contribution in [0.25, 0.3) is 10.9 Å². The number of nitro benzene ring substituents is 1. The van der Waals surface area contributed by atoms with Crippen LogP contribution in [0.1, 0.15) is 74.4 Å². The topological polar surface area (TPSA) is 189 Å². The Morgan fingerprint density at radius 1 is 1.03 bits per heavy atom. The fraction of sp³-hybridized carbons (Fsp3) is 0.491. The van der Waals surface area contributed by atoms with Gasteiger partial charge in [0.05, 0.1) is 31.7 Å². The number of aliphatic hydroxyl groups is 1. The molecule has 1 saturated carbocycles. The summed E-state index contributed by atoms with van der Waals surface area (Å²) in [6, 6.07) is 17.0. The molecule has 3 aromatic carbocycles. The molecule has 2 fully saturated rings. The highest BCUT2D eigenvalue weighted by atomic mass is 16.6. The first kappa shape index (κ1) is 46.5. The maximum atomic E-state index is 15.5. The van der Waals surface area contributed by atoms with Gasteiger partial charge < -0.3 is 39.3 Å². The largest absolute Gasteiger partial charge is 0.496 e. The molecule has 6 heterocycles. The number of benzene rings is 3. The summed E-state index contributed by atoms with van der Waals surface area (Å²) >= 11 is 0. The lowest BCUT2D eigenvalue weighted by Crippen LogP contribution is -2.81. The summed E-state index contributed by atoms with van der Waals surface area (Å²) in [7, 11) is 5.01. The van der Waals surface area contributed by atoms with Crippen LogP contribution in [-0.2, 0) is 47.7 Å². The Morgan fingerprint density at radius 2 is 1.81 bits per heavy atom. The number of nitrogens with zero attached hydrogens (tertiary/aromatic N) is 4. The summed E-state index contributed by atoms with van der Waals surface area (Å²) in [4.78, 5) is 64.1. The molecule has 1 saturated heterocycles. The summed E-state index contributed by atoms with van der Waals surface area (Å²) in [6.07, 6.45) is 7.73. The normalized spacial score (nSPS) is 30.9. The van der Waals surface area contributed by atoms with Crippen molar-refractivity contribution in [2.75, 3.05) is 65.4 Å². The molecule has 1 aliphatic carbocycles. The highest BCUT2D eigenvalue weighted by Gasteiger charge is 2.78. The van der Waals surface area contributed by atoms with E-state index in [1.165, 1.54) is 43.9 Å². The molecular weight excluding hydrogens is 881 g/mol. The molecule has 3 N–H and O–H groups in total. The van der Waals surface area contributed by atoms with Crippen LogP contribution in [0.4, 0.5) is 16.2 Å². The molecule has 0 radical (unpaired) electrons. The maximum absolute atomic E-state index is 15.5. The zero-order valence-corrected chi connectivity index (χ0v) is 40.2. The molecule has 16 heteroatoms. The Kier molecular flexibility index (Phi) is 11.7. The number of methoxy groups -OCH3 is 2. The summed E-state index contributed by atoms with van der Waals surface area (Å²) in [5.74, 6) is -0.487. The number of para-hydroxylation sites is 1. The minimum atomic E-state index is -1.93. The number of likely N-dealkylation sites (N-methyl/N-ethyl adjacent to an activating group) is 1. The molecule has 6 aliphatic rings. The smallest absolute Gasteiger partial charge is 0.407 e. The quantitative estimate of drug-likeness (QED) is 0.0489. The highest BCUT2D eigenvalue weighted by Crippen LogP contribution is 2.68. The van der Waals surface area contributed by atoms with Crippen LogP contribution < -0.4 is 15.0 Å². The van der Waals surface area contributed by atoms with Crippen LogP contribution in [0.5, 0.6) is 5.75 Å². The van der Waals surface area contributed by atoms with Crippen molar-refractivity contribution in [2.24, 2.45) is 11.3 Å². The molecule has 5 aliphatic heterocycles. The first-order valence-corrected chi connectivity index (χ1v) is 24.2. The van der Waals surface area contributed by atoms with Crippen LogP contribution in [0, 0.1) is 21.4 Å². The predicted molar refractivity (Wildman–Crippen MR) is 258 cm³/mol. The van der Waals surface area contributed by atoms with Gasteiger partial charge in [-0.05, 0) is 85.5 Å². The van der Waals surface area contributed by atoms with Crippen molar-refractivity contribution >= 4 is 40.3 Å². The van der Waals surface area contributed by atoms with Crippen molar-refractivity contribution in [1.29, 1.82) is 0 Å². The number of alkyl carbamates (subject to hydrolysis) is 1. The Labute approximate surface area is 401 Å². The molecule has 1 aromatic heterocycles. The molecule has 1 unspecified atom stereocenters. The van der Waals surface area contributed by atoms with E-state index in [4.69, 9.17) is 18.9 Å². The van der Waals surface area contributed by atoms with Gasteiger partial charge in [0.15, 0.2) is 0 Å². The van der Waals surface area contributed by atoms with Crippen LogP contribution in [0.2, 0.25) is 0 Å². The minimum absolute atomic E-state index is 0.00889. The number of esters is 2. The Bertz CT molecular complexity index is 2790. The third-order valence-corrected chi connectivity index (χ3v) is 16.7. The molecule has 10 rings (SSSR count). The minimum Gasteiger partial charge on any atom is -0.496 e. The molecule has 4 aromatic rings. The second-order valence-corrected chi connectivity index (χ2v) is 20.0. The van der Waals surface area contributed by atoms with E-state index in [1.807, 2.05) is 25.2 Å². The van der Waals surface area contributed by atoms with E-state index < -0.39 is 56.9 Å². The van der Waals surface area contributed by atoms with Crippen molar-refractivity contribution in [2.45, 2.75) is 94.1 Å². The third kappa shape index (κ3) is 6.98. The molecule has 9 atom stereocenters. The van der Waals surface area contributed by atoms with Gasteiger partial charge in [-0.25, -0.2) is 4.79 Å². The first-order valence-electron chi connectivity index (χ1n) is 24.2. The van der Waals surface area contributed by atoms with Crippen molar-refractivity contribution in [3.05, 3.63) is 123 Å². The predicted octanol–water partition coefficient (Wildman–Crippen LogP) is 6.46. The van der Waals surface area contributed by atoms with Gasteiger partial charge >= 0.3 is 18.0 Å². The van der Waals surface area contributed by atoms with Gasteiger partial charge in [-0.1, -0.05) is 55.8 Å². The fourth-order valence-electron chi connectivity index (χ4n) is 14.1. The zero-order valence-electron chi connectivity index (χ0n) is 40.2. The Hall–Kier alpha value is -6.23. The van der Waals surface area contributed by atoms with Crippen LogP contribution in [-0.4, -0.2) is 127 Å². The summed E-state index contributed by atoms with van der Waals surface area (Å²) in [6.45, 7) is 8.85. The number of nitro groups is 1. The maximum Gasteiger partial charge on any atom is 0.407 e. The van der Waals surface area contributed by atoms with E-state index in [1.54, 1.807) is 7.11 Å². The fourth-order valence-corrected chi connectivity index (χ4v) is 14.1. The van der Waals surface area contributed by atoms with Gasteiger partial charge in [-0.2, -0.15) is 0 Å². The number of carbonyl (C=O) groups is 3. The Morgan fingerprint density at radius 3 is 2.52 bits per heavy atom. The molecular formula is C53H62N6O10. The number of anilines is 1. The first-order chi connectivity index (χ1) is 33.2. The number of ether oxygens (including phenoxy) is 4. The molecule has 16 nitrogen and oxygen atoms in total. The Balaban J connectivity index is 1.16. The summed E-state index contributed by atoms with van der Waals surface area (Å²) in [5, 5.41) is 29.1. The number of nitrogens with one attached hydrogen (secondary N) is 2. The average molecular weight is 943 g/mol. The number of rotatable bonds is 11. The summed E-state index contributed by atoms with van der Waals surface area (Å²) < 4.78 is 24.5. The van der Waals surface area contributed by atoms with Crippen LogP contribution in [0.15, 0.2) is 84.5 Å². The number of carbonyl (C=O) groups excluding carboxylic acids is 3. The monoisotopic (exact) mass is 942 g/mol. The lowest BCUT2D eigenvalue weighted by molar-refractivity contribution is -0.384.